The van der Waals surface area contributed by atoms with Crippen LogP contribution >= 0.6 is 0 Å². The molecule has 0 unspecified atom stereocenters. The molecule has 0 N–H and O–H groups in total. The molecule has 0 saturated heterocycles. The van der Waals surface area contributed by atoms with Crippen molar-refractivity contribution in [2.75, 3.05) is 6.54 Å². The third-order valence-electron chi connectivity index (χ3n) is 3.79. The standard InChI is InChI=1S/C17H20N4O2S/c1-3-11-20(13-15-8-5-4-6-9-15)24(22,23)16-14(2)19-21-12-7-10-18-17(16)21/h4-10,12H,3,11,13H2,1-2H3. The molecular weight excluding hydrogens is 324 g/mol. The van der Waals surface area contributed by atoms with E-state index in [0.717, 1.165) is 12.0 Å². The highest BCUT2D eigenvalue weighted by Gasteiger charge is 2.30. The quantitative estimate of drug-likeness (QED) is 0.689. The number of sulfonamides is 1. The van der Waals surface area contributed by atoms with E-state index in [0.29, 0.717) is 24.4 Å². The fraction of sp³-hybridized carbons (Fsp3) is 0.294. The monoisotopic (exact) mass is 344 g/mol. The minimum Gasteiger partial charge on any atom is -0.236 e. The van der Waals surface area contributed by atoms with Gasteiger partial charge in [0, 0.05) is 25.5 Å². The van der Waals surface area contributed by atoms with Crippen LogP contribution in [0, 0.1) is 6.92 Å². The van der Waals surface area contributed by atoms with E-state index in [4.69, 9.17) is 0 Å². The third-order valence-corrected chi connectivity index (χ3v) is 5.77. The number of hydrogen-bond donors (Lipinski definition) is 0. The molecule has 0 radical (unpaired) electrons. The summed E-state index contributed by atoms with van der Waals surface area (Å²) in [4.78, 5) is 4.40. The minimum atomic E-state index is -3.69. The molecule has 3 aromatic rings. The van der Waals surface area contributed by atoms with Crippen molar-refractivity contribution in [3.8, 4) is 0 Å². The summed E-state index contributed by atoms with van der Waals surface area (Å²) in [6.45, 7) is 4.45. The molecule has 0 aliphatic rings. The predicted molar refractivity (Wildman–Crippen MR) is 92.1 cm³/mol. The lowest BCUT2D eigenvalue weighted by molar-refractivity contribution is 0.406. The van der Waals surface area contributed by atoms with Crippen LogP contribution in [-0.2, 0) is 16.6 Å². The molecule has 6 nitrogen and oxygen atoms in total. The van der Waals surface area contributed by atoms with Gasteiger partial charge >= 0.3 is 0 Å². The van der Waals surface area contributed by atoms with Gasteiger partial charge in [-0.1, -0.05) is 37.3 Å². The van der Waals surface area contributed by atoms with Crippen LogP contribution < -0.4 is 0 Å². The third kappa shape index (κ3) is 3.05. The summed E-state index contributed by atoms with van der Waals surface area (Å²) >= 11 is 0. The molecule has 0 spiro atoms. The smallest absolute Gasteiger partial charge is 0.236 e. The van der Waals surface area contributed by atoms with Crippen LogP contribution in [0.15, 0.2) is 53.7 Å². The molecule has 0 fully saturated rings. The van der Waals surface area contributed by atoms with Gasteiger partial charge in [0.1, 0.15) is 4.90 Å². The number of fused-ring (bicyclic) bond motifs is 1. The normalized spacial score (nSPS) is 12.1. The van der Waals surface area contributed by atoms with Crippen LogP contribution in [-0.4, -0.2) is 33.9 Å². The van der Waals surface area contributed by atoms with Crippen molar-refractivity contribution in [1.82, 2.24) is 18.9 Å². The predicted octanol–water partition coefficient (Wildman–Crippen LogP) is 2.64. The fourth-order valence-electron chi connectivity index (χ4n) is 2.73. The summed E-state index contributed by atoms with van der Waals surface area (Å²) in [6, 6.07) is 11.3. The molecule has 126 valence electrons. The molecule has 1 aromatic carbocycles. The van der Waals surface area contributed by atoms with Gasteiger partial charge in [-0.05, 0) is 25.0 Å². The number of aromatic nitrogens is 3. The van der Waals surface area contributed by atoms with Gasteiger partial charge in [-0.3, -0.25) is 0 Å². The van der Waals surface area contributed by atoms with Crippen molar-refractivity contribution in [3.05, 3.63) is 60.0 Å². The van der Waals surface area contributed by atoms with E-state index in [1.165, 1.54) is 8.82 Å². The molecule has 24 heavy (non-hydrogen) atoms. The summed E-state index contributed by atoms with van der Waals surface area (Å²) in [5.74, 6) is 0. The Morgan fingerprint density at radius 2 is 1.92 bits per heavy atom. The van der Waals surface area contributed by atoms with Crippen molar-refractivity contribution < 1.29 is 8.42 Å². The molecule has 2 aromatic heterocycles. The highest BCUT2D eigenvalue weighted by atomic mass is 32.2. The maximum absolute atomic E-state index is 13.3. The zero-order valence-electron chi connectivity index (χ0n) is 13.8. The van der Waals surface area contributed by atoms with E-state index in [1.807, 2.05) is 37.3 Å². The molecule has 0 saturated carbocycles. The fourth-order valence-corrected chi connectivity index (χ4v) is 4.52. The number of hydrogen-bond acceptors (Lipinski definition) is 4. The van der Waals surface area contributed by atoms with Gasteiger partial charge in [0.2, 0.25) is 10.0 Å². The average molecular weight is 344 g/mol. The average Bonchev–Trinajstić information content (AvgIpc) is 2.91. The Morgan fingerprint density at radius 1 is 1.17 bits per heavy atom. The Labute approximate surface area is 141 Å². The summed E-state index contributed by atoms with van der Waals surface area (Å²) in [5, 5.41) is 4.28. The lowest BCUT2D eigenvalue weighted by Crippen LogP contribution is -2.31. The van der Waals surface area contributed by atoms with Gasteiger partial charge in [-0.25, -0.2) is 17.9 Å². The maximum atomic E-state index is 13.3. The molecule has 7 heteroatoms. The molecule has 0 aliphatic carbocycles. The first-order valence-electron chi connectivity index (χ1n) is 7.88. The number of nitrogens with zero attached hydrogens (tertiary/aromatic N) is 4. The van der Waals surface area contributed by atoms with Gasteiger partial charge in [0.05, 0.1) is 5.69 Å². The second-order valence-electron chi connectivity index (χ2n) is 5.63. The first-order valence-corrected chi connectivity index (χ1v) is 9.32. The highest BCUT2D eigenvalue weighted by Crippen LogP contribution is 2.25. The van der Waals surface area contributed by atoms with Crippen molar-refractivity contribution in [1.29, 1.82) is 0 Å². The second kappa shape index (κ2) is 6.70. The largest absolute Gasteiger partial charge is 0.249 e. The lowest BCUT2D eigenvalue weighted by atomic mass is 10.2. The van der Waals surface area contributed by atoms with Crippen molar-refractivity contribution in [2.45, 2.75) is 31.7 Å². The molecule has 0 bridgehead atoms. The van der Waals surface area contributed by atoms with Crippen LogP contribution in [0.5, 0.6) is 0 Å². The molecular formula is C17H20N4O2S. The first kappa shape index (κ1) is 16.6. The summed E-state index contributed by atoms with van der Waals surface area (Å²) in [6.07, 6.45) is 4.02. The topological polar surface area (TPSA) is 67.6 Å². The Bertz CT molecular complexity index is 936. The van der Waals surface area contributed by atoms with E-state index < -0.39 is 10.0 Å². The molecule has 0 amide bonds. The van der Waals surface area contributed by atoms with E-state index >= 15 is 0 Å². The Kier molecular flexibility index (Phi) is 4.64. The van der Waals surface area contributed by atoms with E-state index in [1.54, 1.807) is 25.4 Å². The molecule has 3 rings (SSSR count). The van der Waals surface area contributed by atoms with Crippen LogP contribution in [0.4, 0.5) is 0 Å². The van der Waals surface area contributed by atoms with Gasteiger partial charge in [0.15, 0.2) is 5.65 Å². The second-order valence-corrected chi connectivity index (χ2v) is 7.50. The van der Waals surface area contributed by atoms with Gasteiger partial charge in [0.25, 0.3) is 0 Å². The van der Waals surface area contributed by atoms with Gasteiger partial charge in [-0.2, -0.15) is 9.40 Å². The molecule has 0 aliphatic heterocycles. The highest BCUT2D eigenvalue weighted by molar-refractivity contribution is 7.89. The Balaban J connectivity index is 2.06. The van der Waals surface area contributed by atoms with Crippen LogP contribution in [0.25, 0.3) is 5.65 Å². The summed E-state index contributed by atoms with van der Waals surface area (Å²) in [7, 11) is -3.69. The van der Waals surface area contributed by atoms with Crippen LogP contribution in [0.3, 0.4) is 0 Å². The maximum Gasteiger partial charge on any atom is 0.249 e. The molecule has 0 atom stereocenters. The van der Waals surface area contributed by atoms with Crippen molar-refractivity contribution >= 4 is 15.7 Å². The van der Waals surface area contributed by atoms with E-state index in [2.05, 4.69) is 10.1 Å². The number of benzene rings is 1. The van der Waals surface area contributed by atoms with Crippen LogP contribution in [0.1, 0.15) is 24.6 Å². The van der Waals surface area contributed by atoms with Gasteiger partial charge in [-0.15, -0.1) is 0 Å². The van der Waals surface area contributed by atoms with Crippen molar-refractivity contribution in [2.24, 2.45) is 0 Å². The Morgan fingerprint density at radius 3 is 2.62 bits per heavy atom. The minimum absolute atomic E-state index is 0.187. The van der Waals surface area contributed by atoms with Crippen molar-refractivity contribution in [3.63, 3.8) is 0 Å². The zero-order chi connectivity index (χ0) is 17.2. The van der Waals surface area contributed by atoms with E-state index in [-0.39, 0.29) is 4.90 Å². The summed E-state index contributed by atoms with van der Waals surface area (Å²) < 4.78 is 29.5. The number of rotatable bonds is 6. The molecule has 2 heterocycles. The SMILES string of the molecule is CCCN(Cc1ccccc1)S(=O)(=O)c1c(C)nn2cccnc12. The zero-order valence-corrected chi connectivity index (χ0v) is 14.6. The van der Waals surface area contributed by atoms with Gasteiger partial charge < -0.3 is 0 Å². The summed E-state index contributed by atoms with van der Waals surface area (Å²) in [5.41, 5.74) is 1.78. The number of aryl methyl sites for hydroxylation is 1. The Hall–Kier alpha value is -2.25. The lowest BCUT2D eigenvalue weighted by Gasteiger charge is -2.21. The van der Waals surface area contributed by atoms with E-state index in [9.17, 15) is 8.42 Å². The first-order chi connectivity index (χ1) is 11.5. The van der Waals surface area contributed by atoms with Crippen LogP contribution in [0.2, 0.25) is 0 Å².